The molecular formula is C51H48N2O8. The molecule has 0 fully saturated rings. The molecule has 5 aromatic carbocycles. The maximum Gasteiger partial charge on any atom is 0.347 e. The lowest BCUT2D eigenvalue weighted by molar-refractivity contribution is -0.166. The number of nitrogens with zero attached hydrogens (tertiary/aromatic N) is 2. The van der Waals surface area contributed by atoms with Gasteiger partial charge in [0.1, 0.15) is 24.7 Å². The Kier molecular flexibility index (Phi) is 14.2. The first-order valence-corrected chi connectivity index (χ1v) is 20.0. The molecule has 0 spiro atoms. The van der Waals surface area contributed by atoms with Crippen molar-refractivity contribution >= 4 is 35.2 Å². The summed E-state index contributed by atoms with van der Waals surface area (Å²) in [6.07, 6.45) is -1.13. The molecule has 2 unspecified atom stereocenters. The number of carbonyl (C=O) groups excluding carboxylic acids is 3. The molecule has 0 saturated carbocycles. The largest absolute Gasteiger partial charge is 0.507 e. The number of hydrogen-bond donors (Lipinski definition) is 1. The van der Waals surface area contributed by atoms with Crippen molar-refractivity contribution in [2.75, 3.05) is 13.2 Å². The third kappa shape index (κ3) is 11.2. The van der Waals surface area contributed by atoms with Crippen LogP contribution in [-0.2, 0) is 28.6 Å². The Morgan fingerprint density at radius 1 is 0.672 bits per heavy atom. The number of hydrogen-bond acceptors (Lipinski definition) is 10. The quantitative estimate of drug-likeness (QED) is 0.0591. The molecule has 0 amide bonds. The molecule has 310 valence electrons. The Hall–Kier alpha value is -7.33. The second kappa shape index (κ2) is 20.1. The zero-order valence-corrected chi connectivity index (χ0v) is 34.7. The van der Waals surface area contributed by atoms with Crippen LogP contribution in [0.15, 0.2) is 167 Å². The normalized spacial score (nSPS) is 13.4. The van der Waals surface area contributed by atoms with Crippen molar-refractivity contribution in [2.24, 2.45) is 9.98 Å². The number of aliphatic imine (C=N–C) groups is 2. The minimum absolute atomic E-state index is 0.104. The van der Waals surface area contributed by atoms with E-state index in [2.05, 4.69) is 80.7 Å². The molecule has 1 aliphatic rings. The fraction of sp³-hybridized carbons (Fsp3) is 0.196. The highest BCUT2D eigenvalue weighted by Gasteiger charge is 2.25. The summed E-state index contributed by atoms with van der Waals surface area (Å²) < 4.78 is 21.7. The number of benzene rings is 5. The van der Waals surface area contributed by atoms with Crippen LogP contribution in [0.5, 0.6) is 11.5 Å². The fourth-order valence-electron chi connectivity index (χ4n) is 6.44. The van der Waals surface area contributed by atoms with Crippen LogP contribution >= 0.6 is 0 Å². The van der Waals surface area contributed by atoms with E-state index in [1.54, 1.807) is 12.1 Å². The third-order valence-electron chi connectivity index (χ3n) is 9.82. The van der Waals surface area contributed by atoms with Crippen LogP contribution in [0.3, 0.4) is 0 Å². The van der Waals surface area contributed by atoms with Gasteiger partial charge in [0.25, 0.3) is 0 Å². The van der Waals surface area contributed by atoms with E-state index in [0.717, 1.165) is 44.7 Å². The van der Waals surface area contributed by atoms with Crippen LogP contribution in [0.25, 0.3) is 28.0 Å². The van der Waals surface area contributed by atoms with E-state index in [9.17, 15) is 19.5 Å². The van der Waals surface area contributed by atoms with Gasteiger partial charge in [0.05, 0.1) is 11.4 Å². The summed E-state index contributed by atoms with van der Waals surface area (Å²) in [6, 6.07) is 41.6. The smallest absolute Gasteiger partial charge is 0.347 e. The Balaban J connectivity index is 1.25. The number of allylic oxidation sites excluding steroid dienone is 1. The molecule has 0 radical (unpaired) electrons. The molecule has 5 aromatic rings. The van der Waals surface area contributed by atoms with Crippen molar-refractivity contribution < 1.29 is 38.4 Å². The molecule has 0 bridgehead atoms. The average molecular weight is 817 g/mol. The fourth-order valence-corrected chi connectivity index (χ4v) is 6.44. The van der Waals surface area contributed by atoms with Gasteiger partial charge in [0, 0.05) is 40.3 Å². The number of ether oxygens (including phenoxy) is 4. The topological polar surface area (TPSA) is 133 Å². The SMILES string of the molecule is C=C(C)C(=O)OCC(COC(=O)C(C)Oc1ccc(C2=NC(c3ccc(-c4ccccc4)cc3)=NC(c3ccc(-c4ccccc4)cc3)=C(CC)C2)c(O)c1)OC(=O)C(=C)C. The van der Waals surface area contributed by atoms with Crippen LogP contribution in [-0.4, -0.2) is 60.0 Å². The zero-order valence-electron chi connectivity index (χ0n) is 34.7. The summed E-state index contributed by atoms with van der Waals surface area (Å²) >= 11 is 0. The zero-order chi connectivity index (χ0) is 43.5. The second-order valence-corrected chi connectivity index (χ2v) is 14.6. The van der Waals surface area contributed by atoms with Crippen molar-refractivity contribution in [3.63, 3.8) is 0 Å². The molecular weight excluding hydrogens is 769 g/mol. The van der Waals surface area contributed by atoms with Gasteiger partial charge in [-0.15, -0.1) is 0 Å². The van der Waals surface area contributed by atoms with Gasteiger partial charge in [0.15, 0.2) is 18.0 Å². The van der Waals surface area contributed by atoms with E-state index in [1.807, 2.05) is 48.5 Å². The lowest BCUT2D eigenvalue weighted by Gasteiger charge is -2.20. The number of carbonyl (C=O) groups is 3. The summed E-state index contributed by atoms with van der Waals surface area (Å²) in [4.78, 5) is 47.5. The van der Waals surface area contributed by atoms with Crippen LogP contribution < -0.4 is 4.74 Å². The highest BCUT2D eigenvalue weighted by atomic mass is 16.6. The lowest BCUT2D eigenvalue weighted by Crippen LogP contribution is -2.34. The average Bonchev–Trinajstić information content (AvgIpc) is 3.47. The van der Waals surface area contributed by atoms with Crippen molar-refractivity contribution in [2.45, 2.75) is 52.7 Å². The van der Waals surface area contributed by atoms with E-state index < -0.39 is 36.7 Å². The molecule has 1 N–H and O–H groups in total. The first kappa shape index (κ1) is 43.3. The molecule has 10 heteroatoms. The first-order chi connectivity index (χ1) is 29.4. The van der Waals surface area contributed by atoms with Gasteiger partial charge < -0.3 is 24.1 Å². The highest BCUT2D eigenvalue weighted by molar-refractivity contribution is 6.16. The lowest BCUT2D eigenvalue weighted by atomic mass is 9.95. The van der Waals surface area contributed by atoms with Crippen LogP contribution in [0, 0.1) is 0 Å². The molecule has 61 heavy (non-hydrogen) atoms. The number of amidine groups is 1. The van der Waals surface area contributed by atoms with Crippen LogP contribution in [0.1, 0.15) is 57.2 Å². The standard InChI is InChI=1S/C51H48N2O8/c1-7-35-28-45(44-27-26-42(29-46(44)54)60-34(6)51(57)59-31-43(61-50(56)33(4)5)30-58-49(55)32(2)3)52-48(41-24-20-39(21-25-41)37-16-12-9-13-17-37)53-47(35)40-22-18-38(19-23-40)36-14-10-8-11-15-36/h8-27,29,34,43,54H,2,4,7,28,30-31H2,1,3,5-6H3. The molecule has 6 rings (SSSR count). The van der Waals surface area contributed by atoms with Gasteiger partial charge in [-0.3, -0.25) is 0 Å². The van der Waals surface area contributed by atoms with Gasteiger partial charge in [-0.25, -0.2) is 24.4 Å². The van der Waals surface area contributed by atoms with E-state index in [-0.39, 0.29) is 29.3 Å². The molecule has 0 aromatic heterocycles. The predicted molar refractivity (Wildman–Crippen MR) is 238 cm³/mol. The summed E-state index contributed by atoms with van der Waals surface area (Å²) in [7, 11) is 0. The van der Waals surface area contributed by atoms with E-state index in [4.69, 9.17) is 28.9 Å². The van der Waals surface area contributed by atoms with Gasteiger partial charge >= 0.3 is 17.9 Å². The molecule has 2 atom stereocenters. The summed E-state index contributed by atoms with van der Waals surface area (Å²) in [5.41, 5.74) is 9.36. The molecule has 1 heterocycles. The summed E-state index contributed by atoms with van der Waals surface area (Å²) in [5.74, 6) is -1.60. The van der Waals surface area contributed by atoms with Crippen molar-refractivity contribution in [1.29, 1.82) is 0 Å². The minimum Gasteiger partial charge on any atom is -0.507 e. The first-order valence-electron chi connectivity index (χ1n) is 20.0. The molecule has 10 nitrogen and oxygen atoms in total. The monoisotopic (exact) mass is 816 g/mol. The van der Waals surface area contributed by atoms with E-state index >= 15 is 0 Å². The maximum atomic E-state index is 13.0. The van der Waals surface area contributed by atoms with E-state index in [1.165, 1.54) is 26.8 Å². The number of phenols is 1. The number of rotatable bonds is 16. The van der Waals surface area contributed by atoms with E-state index in [0.29, 0.717) is 30.0 Å². The predicted octanol–water partition coefficient (Wildman–Crippen LogP) is 10.1. The molecule has 0 saturated heterocycles. The number of esters is 3. The van der Waals surface area contributed by atoms with Gasteiger partial charge in [0.2, 0.25) is 0 Å². The van der Waals surface area contributed by atoms with Crippen molar-refractivity contribution in [3.05, 3.63) is 174 Å². The third-order valence-corrected chi connectivity index (χ3v) is 9.82. The van der Waals surface area contributed by atoms with Crippen molar-refractivity contribution in [1.82, 2.24) is 0 Å². The summed E-state index contributed by atoms with van der Waals surface area (Å²) in [5, 5.41) is 11.5. The van der Waals surface area contributed by atoms with Crippen molar-refractivity contribution in [3.8, 4) is 33.8 Å². The Morgan fingerprint density at radius 2 is 1.20 bits per heavy atom. The Morgan fingerprint density at radius 3 is 1.74 bits per heavy atom. The number of aromatic hydroxyl groups is 1. The maximum absolute atomic E-state index is 13.0. The molecule has 1 aliphatic heterocycles. The van der Waals surface area contributed by atoms with Gasteiger partial charge in [-0.1, -0.05) is 129 Å². The highest BCUT2D eigenvalue weighted by Crippen LogP contribution is 2.34. The number of phenolic OH excluding ortho intramolecular Hbond substituents is 1. The second-order valence-electron chi connectivity index (χ2n) is 14.6. The molecule has 0 aliphatic carbocycles. The van der Waals surface area contributed by atoms with Crippen LogP contribution in [0.2, 0.25) is 0 Å². The van der Waals surface area contributed by atoms with Gasteiger partial charge in [-0.2, -0.15) is 0 Å². The minimum atomic E-state index is -1.13. The Bertz CT molecular complexity index is 2500. The Labute approximate surface area is 356 Å². The van der Waals surface area contributed by atoms with Gasteiger partial charge in [-0.05, 0) is 67.2 Å². The summed E-state index contributed by atoms with van der Waals surface area (Å²) in [6.45, 7) is 12.8. The van der Waals surface area contributed by atoms with Crippen LogP contribution in [0.4, 0.5) is 0 Å².